The minimum absolute atomic E-state index is 0.661. The summed E-state index contributed by atoms with van der Waals surface area (Å²) in [6.45, 7) is 0. The van der Waals surface area contributed by atoms with E-state index >= 15 is 0 Å². The lowest BCUT2D eigenvalue weighted by Crippen LogP contribution is -1.91. The van der Waals surface area contributed by atoms with E-state index in [-0.39, 0.29) is 0 Å². The Labute approximate surface area is 113 Å². The third kappa shape index (κ3) is 1.63. The molecule has 0 aliphatic rings. The third-order valence-corrected chi connectivity index (χ3v) is 3.44. The topological polar surface area (TPSA) is 38.7 Å². The molecule has 0 aliphatic carbocycles. The molecule has 0 N–H and O–H groups in total. The van der Waals surface area contributed by atoms with Crippen LogP contribution in [0.15, 0.2) is 48.5 Å². The van der Waals surface area contributed by atoms with Crippen LogP contribution in [0.5, 0.6) is 0 Å². The Kier molecular flexibility index (Phi) is 2.17. The average molecular weight is 266 g/mol. The van der Waals surface area contributed by atoms with Gasteiger partial charge in [0.15, 0.2) is 5.65 Å². The Morgan fingerprint density at radius 3 is 2.63 bits per heavy atom. The summed E-state index contributed by atoms with van der Waals surface area (Å²) in [6, 6.07) is 15.6. The minimum Gasteiger partial charge on any atom is -0.226 e. The zero-order chi connectivity index (χ0) is 12.8. The smallest absolute Gasteiger partial charge is 0.183 e. The second-order valence-electron chi connectivity index (χ2n) is 4.41. The molecule has 0 spiro atoms. The van der Waals surface area contributed by atoms with Crippen molar-refractivity contribution in [3.8, 4) is 0 Å². The Morgan fingerprint density at radius 2 is 1.68 bits per heavy atom. The highest BCUT2D eigenvalue weighted by molar-refractivity contribution is 6.31. The van der Waals surface area contributed by atoms with Crippen molar-refractivity contribution in [3.05, 3.63) is 53.6 Å². The molecule has 4 aromatic rings. The molecule has 4 heteroatoms. The number of hydrogen-bond donors (Lipinski definition) is 0. The van der Waals surface area contributed by atoms with Gasteiger partial charge in [-0.25, -0.2) is 4.98 Å². The standard InChI is InChI=1S/C15H8ClN3/c16-10-5-6-13-9(7-10)8-12-11-3-1-2-4-14(11)18-19-15(12)17-13/h1-8H. The molecule has 90 valence electrons. The molecule has 4 rings (SSSR count). The van der Waals surface area contributed by atoms with Crippen LogP contribution in [-0.4, -0.2) is 15.2 Å². The van der Waals surface area contributed by atoms with Crippen LogP contribution in [0.4, 0.5) is 0 Å². The Morgan fingerprint density at radius 1 is 0.789 bits per heavy atom. The first-order valence-corrected chi connectivity index (χ1v) is 6.30. The zero-order valence-corrected chi connectivity index (χ0v) is 10.6. The summed E-state index contributed by atoms with van der Waals surface area (Å²) in [5, 5.41) is 12.2. The van der Waals surface area contributed by atoms with E-state index in [0.717, 1.165) is 27.2 Å². The summed E-state index contributed by atoms with van der Waals surface area (Å²) in [5.74, 6) is 0. The van der Waals surface area contributed by atoms with E-state index in [1.807, 2.05) is 42.5 Å². The Bertz CT molecular complexity index is 934. The molecular weight excluding hydrogens is 258 g/mol. The lowest BCUT2D eigenvalue weighted by Gasteiger charge is -2.04. The van der Waals surface area contributed by atoms with Crippen molar-refractivity contribution >= 4 is 44.4 Å². The molecule has 3 nitrogen and oxygen atoms in total. The fourth-order valence-electron chi connectivity index (χ4n) is 2.30. The summed E-state index contributed by atoms with van der Waals surface area (Å²) in [5.41, 5.74) is 2.41. The predicted molar refractivity (Wildman–Crippen MR) is 77.4 cm³/mol. The number of benzene rings is 2. The minimum atomic E-state index is 0.661. The van der Waals surface area contributed by atoms with Gasteiger partial charge in [0.05, 0.1) is 11.0 Å². The van der Waals surface area contributed by atoms with Crippen LogP contribution >= 0.6 is 11.6 Å². The van der Waals surface area contributed by atoms with Gasteiger partial charge < -0.3 is 0 Å². The average Bonchev–Trinajstić information content (AvgIpc) is 2.45. The number of rotatable bonds is 0. The van der Waals surface area contributed by atoms with E-state index < -0.39 is 0 Å². The summed E-state index contributed by atoms with van der Waals surface area (Å²) >= 11 is 6.03. The van der Waals surface area contributed by atoms with Crippen molar-refractivity contribution in [1.29, 1.82) is 0 Å². The van der Waals surface area contributed by atoms with Gasteiger partial charge in [0.2, 0.25) is 0 Å². The Balaban J connectivity index is 2.23. The van der Waals surface area contributed by atoms with Gasteiger partial charge in [-0.15, -0.1) is 10.2 Å². The second kappa shape index (κ2) is 3.87. The van der Waals surface area contributed by atoms with Crippen LogP contribution < -0.4 is 0 Å². The summed E-state index contributed by atoms with van der Waals surface area (Å²) in [6.07, 6.45) is 0. The SMILES string of the molecule is Clc1ccc2nc3nnc4ccccc4c3cc2c1. The summed E-state index contributed by atoms with van der Waals surface area (Å²) in [7, 11) is 0. The summed E-state index contributed by atoms with van der Waals surface area (Å²) in [4.78, 5) is 4.54. The zero-order valence-electron chi connectivity index (χ0n) is 9.84. The number of nitrogens with zero attached hydrogens (tertiary/aromatic N) is 3. The van der Waals surface area contributed by atoms with Crippen molar-refractivity contribution in [1.82, 2.24) is 15.2 Å². The molecular formula is C15H8ClN3. The van der Waals surface area contributed by atoms with Crippen molar-refractivity contribution in [2.45, 2.75) is 0 Å². The van der Waals surface area contributed by atoms with Gasteiger partial charge in [-0.2, -0.15) is 0 Å². The second-order valence-corrected chi connectivity index (χ2v) is 4.85. The monoisotopic (exact) mass is 265 g/mol. The lowest BCUT2D eigenvalue weighted by molar-refractivity contribution is 1.10. The van der Waals surface area contributed by atoms with Crippen molar-refractivity contribution in [2.24, 2.45) is 0 Å². The molecule has 0 fully saturated rings. The first-order valence-electron chi connectivity index (χ1n) is 5.93. The molecule has 0 aliphatic heterocycles. The van der Waals surface area contributed by atoms with Crippen LogP contribution in [0.25, 0.3) is 32.8 Å². The van der Waals surface area contributed by atoms with Crippen LogP contribution in [-0.2, 0) is 0 Å². The molecule has 0 saturated heterocycles. The maximum Gasteiger partial charge on any atom is 0.183 e. The highest BCUT2D eigenvalue weighted by Gasteiger charge is 2.06. The number of hydrogen-bond acceptors (Lipinski definition) is 3. The fourth-order valence-corrected chi connectivity index (χ4v) is 2.48. The maximum atomic E-state index is 6.03. The molecule has 0 atom stereocenters. The normalized spacial score (nSPS) is 11.4. The summed E-state index contributed by atoms with van der Waals surface area (Å²) < 4.78 is 0. The highest BCUT2D eigenvalue weighted by atomic mass is 35.5. The molecule has 2 aromatic carbocycles. The fraction of sp³-hybridized carbons (Fsp3) is 0. The van der Waals surface area contributed by atoms with Gasteiger partial charge in [-0.1, -0.05) is 29.8 Å². The van der Waals surface area contributed by atoms with Gasteiger partial charge in [0.25, 0.3) is 0 Å². The predicted octanol–water partition coefficient (Wildman–Crippen LogP) is 3.98. The molecule has 2 aromatic heterocycles. The molecule has 0 bridgehead atoms. The van der Waals surface area contributed by atoms with E-state index in [9.17, 15) is 0 Å². The van der Waals surface area contributed by atoms with E-state index in [2.05, 4.69) is 21.2 Å². The van der Waals surface area contributed by atoms with E-state index in [4.69, 9.17) is 11.6 Å². The number of halogens is 1. The number of fused-ring (bicyclic) bond motifs is 4. The highest BCUT2D eigenvalue weighted by Crippen LogP contribution is 2.25. The van der Waals surface area contributed by atoms with E-state index in [0.29, 0.717) is 10.7 Å². The van der Waals surface area contributed by atoms with Crippen LogP contribution in [0.3, 0.4) is 0 Å². The van der Waals surface area contributed by atoms with E-state index in [1.54, 1.807) is 0 Å². The third-order valence-electron chi connectivity index (χ3n) is 3.20. The van der Waals surface area contributed by atoms with Crippen molar-refractivity contribution in [3.63, 3.8) is 0 Å². The van der Waals surface area contributed by atoms with Gasteiger partial charge in [-0.05, 0) is 30.3 Å². The molecule has 2 heterocycles. The maximum absolute atomic E-state index is 6.03. The Hall–Kier alpha value is -2.26. The molecule has 0 unspecified atom stereocenters. The van der Waals surface area contributed by atoms with Crippen molar-refractivity contribution < 1.29 is 0 Å². The molecule has 0 radical (unpaired) electrons. The first kappa shape index (κ1) is 10.6. The van der Waals surface area contributed by atoms with Gasteiger partial charge in [0, 0.05) is 21.2 Å². The quantitative estimate of drug-likeness (QED) is 0.356. The van der Waals surface area contributed by atoms with Gasteiger partial charge in [0.1, 0.15) is 0 Å². The van der Waals surface area contributed by atoms with Crippen LogP contribution in [0.2, 0.25) is 5.02 Å². The van der Waals surface area contributed by atoms with Crippen molar-refractivity contribution in [2.75, 3.05) is 0 Å². The van der Waals surface area contributed by atoms with Gasteiger partial charge in [-0.3, -0.25) is 0 Å². The number of pyridine rings is 1. The lowest BCUT2D eigenvalue weighted by atomic mass is 10.1. The molecule has 0 amide bonds. The number of aromatic nitrogens is 3. The van der Waals surface area contributed by atoms with Crippen LogP contribution in [0, 0.1) is 0 Å². The van der Waals surface area contributed by atoms with E-state index in [1.165, 1.54) is 0 Å². The van der Waals surface area contributed by atoms with Crippen LogP contribution in [0.1, 0.15) is 0 Å². The first-order chi connectivity index (χ1) is 9.31. The molecule has 19 heavy (non-hydrogen) atoms. The molecule has 0 saturated carbocycles. The largest absolute Gasteiger partial charge is 0.226 e. The van der Waals surface area contributed by atoms with Gasteiger partial charge >= 0.3 is 0 Å².